The zero-order valence-corrected chi connectivity index (χ0v) is 10.5. The molecule has 0 aliphatic carbocycles. The van der Waals surface area contributed by atoms with E-state index in [0.29, 0.717) is 0 Å². The van der Waals surface area contributed by atoms with Crippen LogP contribution in [-0.4, -0.2) is 23.5 Å². The number of hydrogen-bond donors (Lipinski definition) is 1. The highest BCUT2D eigenvalue weighted by Gasteiger charge is 2.14. The fraction of sp³-hybridized carbons (Fsp3) is 0.333. The first-order chi connectivity index (χ1) is 6.84. The molecule has 0 fully saturated rings. The van der Waals surface area contributed by atoms with Gasteiger partial charge in [-0.1, -0.05) is 12.1 Å². The van der Waals surface area contributed by atoms with Crippen molar-refractivity contribution in [3.8, 4) is 0 Å². The lowest BCUT2D eigenvalue weighted by molar-refractivity contribution is 0.336. The summed E-state index contributed by atoms with van der Waals surface area (Å²) >= 11 is 0. The fourth-order valence-corrected chi connectivity index (χ4v) is 2.35. The van der Waals surface area contributed by atoms with E-state index in [0.717, 1.165) is 13.1 Å². The molecule has 0 radical (unpaired) electrons. The fourth-order valence-electron chi connectivity index (χ4n) is 2.35. The van der Waals surface area contributed by atoms with Crippen molar-refractivity contribution in [2.75, 3.05) is 13.6 Å². The second-order valence-electron chi connectivity index (χ2n) is 4.14. The van der Waals surface area contributed by atoms with Crippen molar-refractivity contribution < 1.29 is 0 Å². The van der Waals surface area contributed by atoms with Crippen LogP contribution >= 0.6 is 17.0 Å². The zero-order valence-electron chi connectivity index (χ0n) is 8.79. The average Bonchev–Trinajstić information content (AvgIpc) is 2.51. The normalized spacial score (nSPS) is 16.1. The lowest BCUT2D eigenvalue weighted by Crippen LogP contribution is -2.18. The van der Waals surface area contributed by atoms with Crippen LogP contribution in [0.2, 0.25) is 0 Å². The molecule has 1 aliphatic heterocycles. The molecule has 0 bridgehead atoms. The summed E-state index contributed by atoms with van der Waals surface area (Å²) in [5, 5.41) is 1.46. The molecule has 1 aromatic heterocycles. The first kappa shape index (κ1) is 10.7. The van der Waals surface area contributed by atoms with Crippen LogP contribution in [0.1, 0.15) is 11.1 Å². The molecule has 3 rings (SSSR count). The second-order valence-corrected chi connectivity index (χ2v) is 4.14. The van der Waals surface area contributed by atoms with E-state index in [1.807, 2.05) is 0 Å². The van der Waals surface area contributed by atoms with Gasteiger partial charge in [0.05, 0.1) is 0 Å². The van der Waals surface area contributed by atoms with Gasteiger partial charge in [-0.3, -0.25) is 0 Å². The van der Waals surface area contributed by atoms with Gasteiger partial charge in [-0.2, -0.15) is 0 Å². The van der Waals surface area contributed by atoms with E-state index in [4.69, 9.17) is 0 Å². The summed E-state index contributed by atoms with van der Waals surface area (Å²) in [6.45, 7) is 2.23. The Kier molecular flexibility index (Phi) is 2.85. The minimum Gasteiger partial charge on any atom is -0.361 e. The molecule has 15 heavy (non-hydrogen) atoms. The highest BCUT2D eigenvalue weighted by Crippen LogP contribution is 2.26. The number of rotatable bonds is 0. The number of nitrogens with zero attached hydrogens (tertiary/aromatic N) is 1. The highest BCUT2D eigenvalue weighted by molar-refractivity contribution is 8.93. The van der Waals surface area contributed by atoms with E-state index in [9.17, 15) is 0 Å². The molecule has 2 aromatic rings. The maximum Gasteiger partial charge on any atom is 0.0460 e. The standard InChI is InChI=1S/C12H14N2.BrH/c1-14-6-5-9-3-2-4-11-12(9)10(8-14)7-13-11;/h2-4,7,13H,5-6,8H2,1H3;1H. The molecule has 0 saturated carbocycles. The van der Waals surface area contributed by atoms with Crippen LogP contribution in [-0.2, 0) is 13.0 Å². The van der Waals surface area contributed by atoms with Gasteiger partial charge in [0.15, 0.2) is 0 Å². The minimum atomic E-state index is 0. The Hall–Kier alpha value is -0.800. The first-order valence-electron chi connectivity index (χ1n) is 5.11. The Morgan fingerprint density at radius 3 is 3.00 bits per heavy atom. The number of hydrogen-bond acceptors (Lipinski definition) is 1. The molecule has 1 N–H and O–H groups in total. The number of nitrogens with one attached hydrogen (secondary N) is 1. The third-order valence-electron chi connectivity index (χ3n) is 3.08. The lowest BCUT2D eigenvalue weighted by atomic mass is 10.1. The third-order valence-corrected chi connectivity index (χ3v) is 3.08. The number of H-pyrrole nitrogens is 1. The van der Waals surface area contributed by atoms with Crippen LogP contribution in [0.4, 0.5) is 0 Å². The summed E-state index contributed by atoms with van der Waals surface area (Å²) < 4.78 is 0. The summed E-state index contributed by atoms with van der Waals surface area (Å²) in [5.74, 6) is 0. The predicted molar refractivity (Wildman–Crippen MR) is 68.7 cm³/mol. The Bertz CT molecular complexity index is 475. The van der Waals surface area contributed by atoms with E-state index in [1.54, 1.807) is 0 Å². The van der Waals surface area contributed by atoms with E-state index >= 15 is 0 Å². The van der Waals surface area contributed by atoms with E-state index in [1.165, 1.54) is 28.5 Å². The van der Waals surface area contributed by atoms with E-state index < -0.39 is 0 Å². The third kappa shape index (κ3) is 1.70. The molecule has 1 aromatic carbocycles. The van der Waals surface area contributed by atoms with Crippen molar-refractivity contribution >= 4 is 27.9 Å². The maximum atomic E-state index is 3.34. The average molecular weight is 267 g/mol. The van der Waals surface area contributed by atoms with Crippen molar-refractivity contribution in [1.82, 2.24) is 9.88 Å². The molecule has 0 unspecified atom stereocenters. The maximum absolute atomic E-state index is 3.34. The van der Waals surface area contributed by atoms with Crippen LogP contribution in [0.25, 0.3) is 10.9 Å². The molecule has 80 valence electrons. The molecule has 2 heterocycles. The number of benzene rings is 1. The van der Waals surface area contributed by atoms with Gasteiger partial charge in [-0.15, -0.1) is 17.0 Å². The molecule has 0 saturated heterocycles. The smallest absolute Gasteiger partial charge is 0.0460 e. The summed E-state index contributed by atoms with van der Waals surface area (Å²) in [6.07, 6.45) is 3.31. The van der Waals surface area contributed by atoms with Crippen molar-refractivity contribution in [3.63, 3.8) is 0 Å². The summed E-state index contributed by atoms with van der Waals surface area (Å²) in [7, 11) is 2.19. The minimum absolute atomic E-state index is 0. The van der Waals surface area contributed by atoms with Crippen molar-refractivity contribution in [2.24, 2.45) is 0 Å². The summed E-state index contributed by atoms with van der Waals surface area (Å²) in [6, 6.07) is 6.55. The van der Waals surface area contributed by atoms with Gasteiger partial charge >= 0.3 is 0 Å². The topological polar surface area (TPSA) is 19.0 Å². The van der Waals surface area contributed by atoms with Crippen LogP contribution in [0.3, 0.4) is 0 Å². The van der Waals surface area contributed by atoms with Crippen LogP contribution in [0.5, 0.6) is 0 Å². The first-order valence-corrected chi connectivity index (χ1v) is 5.11. The lowest BCUT2D eigenvalue weighted by Gasteiger charge is -2.11. The van der Waals surface area contributed by atoms with Gasteiger partial charge in [0, 0.05) is 30.2 Å². The molecule has 0 spiro atoms. The van der Waals surface area contributed by atoms with Crippen molar-refractivity contribution in [1.29, 1.82) is 0 Å². The predicted octanol–water partition coefficient (Wildman–Crippen LogP) is 2.73. The molecule has 3 heteroatoms. The summed E-state index contributed by atoms with van der Waals surface area (Å²) in [5.41, 5.74) is 4.21. The van der Waals surface area contributed by atoms with Crippen LogP contribution in [0.15, 0.2) is 24.4 Å². The molecule has 0 amide bonds. The molecular formula is C12H15BrN2. The zero-order chi connectivity index (χ0) is 9.54. The Morgan fingerprint density at radius 1 is 1.27 bits per heavy atom. The van der Waals surface area contributed by atoms with Gasteiger partial charge in [-0.25, -0.2) is 0 Å². The van der Waals surface area contributed by atoms with Crippen molar-refractivity contribution in [2.45, 2.75) is 13.0 Å². The van der Waals surface area contributed by atoms with Gasteiger partial charge in [0.25, 0.3) is 0 Å². The van der Waals surface area contributed by atoms with E-state index in [-0.39, 0.29) is 17.0 Å². The molecule has 0 atom stereocenters. The number of halogens is 1. The monoisotopic (exact) mass is 266 g/mol. The van der Waals surface area contributed by atoms with Gasteiger partial charge in [-0.05, 0) is 30.7 Å². The highest BCUT2D eigenvalue weighted by atomic mass is 79.9. The Balaban J connectivity index is 0.000000853. The SMILES string of the molecule is Br.CN1CCc2cccc3[nH]cc(c23)C1. The Labute approximate surface area is 100 Å². The number of aromatic amines is 1. The van der Waals surface area contributed by atoms with Gasteiger partial charge in [0.2, 0.25) is 0 Å². The van der Waals surface area contributed by atoms with E-state index in [2.05, 4.69) is 41.3 Å². The molecule has 1 aliphatic rings. The number of likely N-dealkylation sites (N-methyl/N-ethyl adjacent to an activating group) is 1. The second kappa shape index (κ2) is 3.99. The molecule has 2 nitrogen and oxygen atoms in total. The van der Waals surface area contributed by atoms with Gasteiger partial charge in [0.1, 0.15) is 0 Å². The Morgan fingerprint density at radius 2 is 2.13 bits per heavy atom. The summed E-state index contributed by atoms with van der Waals surface area (Å²) in [4.78, 5) is 5.72. The number of aromatic nitrogens is 1. The molecular weight excluding hydrogens is 252 g/mol. The van der Waals surface area contributed by atoms with Crippen LogP contribution in [0, 0.1) is 0 Å². The quantitative estimate of drug-likeness (QED) is 0.777. The largest absolute Gasteiger partial charge is 0.361 e. The van der Waals surface area contributed by atoms with Gasteiger partial charge < -0.3 is 9.88 Å². The van der Waals surface area contributed by atoms with Crippen LogP contribution < -0.4 is 0 Å². The van der Waals surface area contributed by atoms with Crippen molar-refractivity contribution in [3.05, 3.63) is 35.5 Å².